The summed E-state index contributed by atoms with van der Waals surface area (Å²) >= 11 is 0. The maximum atomic E-state index is 15.0. The zero-order valence-electron chi connectivity index (χ0n) is 51.7. The highest BCUT2D eigenvalue weighted by molar-refractivity contribution is 5.99. The molecule has 24 heteroatoms. The van der Waals surface area contributed by atoms with Crippen molar-refractivity contribution < 1.29 is 63.0 Å². The molecule has 1 saturated heterocycles. The van der Waals surface area contributed by atoms with Crippen molar-refractivity contribution in [2.45, 2.75) is 189 Å². The van der Waals surface area contributed by atoms with Gasteiger partial charge in [0.1, 0.15) is 54.4 Å². The second-order valence-electron chi connectivity index (χ2n) is 23.3. The van der Waals surface area contributed by atoms with Gasteiger partial charge in [0.25, 0.3) is 0 Å². The summed E-state index contributed by atoms with van der Waals surface area (Å²) in [5.41, 5.74) is 0. The van der Waals surface area contributed by atoms with Crippen molar-refractivity contribution in [2.75, 3.05) is 62.4 Å². The van der Waals surface area contributed by atoms with Crippen molar-refractivity contribution in [3.8, 4) is 0 Å². The molecule has 0 saturated carbocycles. The summed E-state index contributed by atoms with van der Waals surface area (Å²) in [5.74, 6) is -10.4. The van der Waals surface area contributed by atoms with E-state index in [0.717, 1.165) is 19.6 Å². The Morgan fingerprint density at radius 3 is 1.45 bits per heavy atom. The number of carbonyl (C=O) groups is 11. The standard InChI is InChI=1S/C56H99N11O13/c1-22-24-25-34(11)47(71)46-50(74)59-38(23-2)52(76)62(16)29-42(70)65(19)45(37(14)68)49(73)60-43(32(7)8)55(79)61(15)28-41(69)57-35(12)48(72)58-36(13)51(75)63(17)39(26-30(3)4)53(77)64(18)40(27-31(5)6)54(78)66(20)44(33(9)10)56(80)67(46)21/h22,24,30-40,43-47,68,71H,23,25-29H2,1-21H3,(H,57,69)(H,58,72)(H,59,74)(H,60,73)/b24-22+/t34-,35+,36-,37-,38+,39+,40+,43+,44+,45+,46+,47-/m1/s1. The molecule has 1 rings (SSSR count). The predicted octanol–water partition coefficient (Wildman–Crippen LogP) is 0.189. The molecule has 0 bridgehead atoms. The van der Waals surface area contributed by atoms with E-state index in [-0.39, 0.29) is 31.1 Å². The number of nitrogens with one attached hydrogen (secondary N) is 4. The van der Waals surface area contributed by atoms with Crippen LogP contribution in [0.3, 0.4) is 0 Å². The van der Waals surface area contributed by atoms with Gasteiger partial charge in [-0.15, -0.1) is 0 Å². The van der Waals surface area contributed by atoms with Crippen LogP contribution in [-0.4, -0.2) is 238 Å². The van der Waals surface area contributed by atoms with Crippen LogP contribution in [0.25, 0.3) is 0 Å². The number of nitrogens with zero attached hydrogens (tertiary/aromatic N) is 7. The summed E-state index contributed by atoms with van der Waals surface area (Å²) in [4.78, 5) is 164. The lowest BCUT2D eigenvalue weighted by atomic mass is 9.91. The molecule has 0 unspecified atom stereocenters. The fourth-order valence-electron chi connectivity index (χ4n) is 9.73. The number of hydrogen-bond donors (Lipinski definition) is 6. The van der Waals surface area contributed by atoms with E-state index in [4.69, 9.17) is 0 Å². The van der Waals surface area contributed by atoms with Gasteiger partial charge < -0.3 is 65.8 Å². The molecule has 1 aliphatic rings. The normalized spacial score (nSPS) is 27.2. The molecule has 1 heterocycles. The number of aliphatic hydroxyl groups excluding tert-OH is 2. The number of rotatable bonds is 12. The zero-order chi connectivity index (χ0) is 62.1. The molecule has 11 amide bonds. The van der Waals surface area contributed by atoms with E-state index >= 15 is 9.59 Å². The van der Waals surface area contributed by atoms with E-state index in [1.54, 1.807) is 60.6 Å². The molecular formula is C56H99N11O13. The Morgan fingerprint density at radius 2 is 0.988 bits per heavy atom. The Hall–Kier alpha value is -6.17. The molecule has 80 heavy (non-hydrogen) atoms. The third kappa shape index (κ3) is 19.5. The maximum Gasteiger partial charge on any atom is 0.246 e. The first kappa shape index (κ1) is 71.8. The lowest BCUT2D eigenvalue weighted by Gasteiger charge is -2.41. The van der Waals surface area contributed by atoms with E-state index in [0.29, 0.717) is 6.42 Å². The summed E-state index contributed by atoms with van der Waals surface area (Å²) in [7, 11) is 9.43. The second-order valence-corrected chi connectivity index (χ2v) is 23.3. The molecule has 456 valence electrons. The number of amides is 11. The average Bonchev–Trinajstić information content (AvgIpc) is 3.36. The van der Waals surface area contributed by atoms with E-state index in [1.165, 1.54) is 84.8 Å². The number of likely N-dealkylation sites (N-methyl/N-ethyl adjacent to an activating group) is 7. The fourth-order valence-corrected chi connectivity index (χ4v) is 9.73. The van der Waals surface area contributed by atoms with Crippen LogP contribution < -0.4 is 21.3 Å². The largest absolute Gasteiger partial charge is 0.391 e. The monoisotopic (exact) mass is 1130 g/mol. The maximum absolute atomic E-state index is 15.0. The predicted molar refractivity (Wildman–Crippen MR) is 302 cm³/mol. The fraction of sp³-hybridized carbons (Fsp3) is 0.768. The lowest BCUT2D eigenvalue weighted by Crippen LogP contribution is -2.63. The number of carbonyl (C=O) groups excluding carboxylic acids is 11. The third-order valence-corrected chi connectivity index (χ3v) is 14.7. The highest BCUT2D eigenvalue weighted by Gasteiger charge is 2.45. The molecule has 1 aliphatic heterocycles. The summed E-state index contributed by atoms with van der Waals surface area (Å²) in [6, 6.07) is -11.8. The topological polar surface area (TPSA) is 299 Å². The summed E-state index contributed by atoms with van der Waals surface area (Å²) in [5, 5.41) is 33.3. The lowest BCUT2D eigenvalue weighted by molar-refractivity contribution is -0.157. The van der Waals surface area contributed by atoms with Crippen molar-refractivity contribution in [1.82, 2.24) is 55.6 Å². The van der Waals surface area contributed by atoms with Crippen molar-refractivity contribution in [2.24, 2.45) is 29.6 Å². The summed E-state index contributed by atoms with van der Waals surface area (Å²) in [6.07, 6.45) is 1.09. The molecule has 0 aliphatic carbocycles. The van der Waals surface area contributed by atoms with E-state index in [9.17, 15) is 53.4 Å². The van der Waals surface area contributed by atoms with Gasteiger partial charge in [0.15, 0.2) is 0 Å². The van der Waals surface area contributed by atoms with Crippen LogP contribution in [0.5, 0.6) is 0 Å². The minimum atomic E-state index is -1.63. The van der Waals surface area contributed by atoms with E-state index in [1.807, 2.05) is 27.7 Å². The van der Waals surface area contributed by atoms with Gasteiger partial charge in [0.05, 0.1) is 25.3 Å². The molecule has 0 spiro atoms. The van der Waals surface area contributed by atoms with Crippen molar-refractivity contribution in [1.29, 1.82) is 0 Å². The summed E-state index contributed by atoms with van der Waals surface area (Å²) in [6.45, 7) is 22.0. The van der Waals surface area contributed by atoms with Crippen molar-refractivity contribution in [3.05, 3.63) is 12.2 Å². The molecule has 24 nitrogen and oxygen atoms in total. The Bertz CT molecular complexity index is 2210. The van der Waals surface area contributed by atoms with Crippen molar-refractivity contribution in [3.63, 3.8) is 0 Å². The van der Waals surface area contributed by atoms with Crippen LogP contribution in [0, 0.1) is 29.6 Å². The highest BCUT2D eigenvalue weighted by atomic mass is 16.3. The number of aliphatic hydroxyl groups is 2. The van der Waals surface area contributed by atoms with E-state index < -0.39 is 162 Å². The molecule has 0 aromatic rings. The Balaban J connectivity index is 4.18. The van der Waals surface area contributed by atoms with Gasteiger partial charge in [-0.3, -0.25) is 52.7 Å². The van der Waals surface area contributed by atoms with Gasteiger partial charge in [-0.25, -0.2) is 0 Å². The molecule has 0 aromatic heterocycles. The minimum Gasteiger partial charge on any atom is -0.391 e. The third-order valence-electron chi connectivity index (χ3n) is 14.7. The molecule has 12 atom stereocenters. The molecule has 6 N–H and O–H groups in total. The first-order chi connectivity index (χ1) is 36.9. The average molecular weight is 1130 g/mol. The Morgan fingerprint density at radius 1 is 0.512 bits per heavy atom. The number of hydrogen-bond acceptors (Lipinski definition) is 13. The van der Waals surface area contributed by atoms with Crippen LogP contribution in [0.15, 0.2) is 12.2 Å². The highest BCUT2D eigenvalue weighted by Crippen LogP contribution is 2.25. The SMILES string of the molecule is C/C=C/C[C@@H](C)[C@@H](O)[C@H]1C(=O)N[C@@H](CC)C(=O)N(C)CC(=O)N(C)[C@@H]([C@@H](C)O)C(=O)N[C@@H](C(C)C)C(=O)N(C)CC(=O)N[C@@H](C)C(=O)N[C@H](C)C(=O)N(C)[C@@H](CC(C)C)C(=O)N(C)[C@@H](CC(C)C)C(=O)N(C)[C@@H](C(C)C)C(=O)N1C. The quantitative estimate of drug-likeness (QED) is 0.143. The van der Waals surface area contributed by atoms with Crippen LogP contribution >= 0.6 is 0 Å². The van der Waals surface area contributed by atoms with Crippen LogP contribution in [0.4, 0.5) is 0 Å². The van der Waals surface area contributed by atoms with Gasteiger partial charge in [0.2, 0.25) is 65.0 Å². The van der Waals surface area contributed by atoms with Crippen LogP contribution in [-0.2, 0) is 52.7 Å². The van der Waals surface area contributed by atoms with Gasteiger partial charge in [-0.2, -0.15) is 0 Å². The minimum absolute atomic E-state index is 0.0165. The zero-order valence-corrected chi connectivity index (χ0v) is 51.7. The second kappa shape index (κ2) is 32.3. The van der Waals surface area contributed by atoms with Crippen LogP contribution in [0.1, 0.15) is 123 Å². The molecular weight excluding hydrogens is 1030 g/mol. The van der Waals surface area contributed by atoms with Gasteiger partial charge in [-0.05, 0) is 83.0 Å². The molecule has 0 radical (unpaired) electrons. The van der Waals surface area contributed by atoms with Gasteiger partial charge >= 0.3 is 0 Å². The van der Waals surface area contributed by atoms with E-state index in [2.05, 4.69) is 21.3 Å². The smallest absolute Gasteiger partial charge is 0.246 e. The molecule has 1 fully saturated rings. The first-order valence-corrected chi connectivity index (χ1v) is 27.9. The molecule has 0 aromatic carbocycles. The Labute approximate surface area is 475 Å². The van der Waals surface area contributed by atoms with Crippen molar-refractivity contribution >= 4 is 65.0 Å². The first-order valence-electron chi connectivity index (χ1n) is 27.9. The Kier molecular flexibility index (Phi) is 29.0. The number of allylic oxidation sites excluding steroid dienone is 2. The van der Waals surface area contributed by atoms with Crippen LogP contribution in [0.2, 0.25) is 0 Å². The van der Waals surface area contributed by atoms with Gasteiger partial charge in [-0.1, -0.05) is 81.4 Å². The van der Waals surface area contributed by atoms with Gasteiger partial charge in [0, 0.05) is 49.3 Å². The summed E-state index contributed by atoms with van der Waals surface area (Å²) < 4.78 is 0.